The molecule has 2 aromatic rings. The molecule has 0 radical (unpaired) electrons. The van der Waals surface area contributed by atoms with Crippen LogP contribution in [0.1, 0.15) is 23.6 Å². The van der Waals surface area contributed by atoms with Gasteiger partial charge in [0.15, 0.2) is 0 Å². The summed E-state index contributed by atoms with van der Waals surface area (Å²) >= 11 is 0. The first-order chi connectivity index (χ1) is 12.2. The highest BCUT2D eigenvalue weighted by Gasteiger charge is 2.30. The third-order valence-electron chi connectivity index (χ3n) is 4.16. The molecular formula is C20H23F3N2O. The van der Waals surface area contributed by atoms with Gasteiger partial charge in [-0.1, -0.05) is 30.3 Å². The zero-order valence-electron chi connectivity index (χ0n) is 15.2. The third-order valence-corrected chi connectivity index (χ3v) is 4.16. The van der Waals surface area contributed by atoms with Gasteiger partial charge < -0.3 is 4.90 Å². The molecule has 0 spiro atoms. The summed E-state index contributed by atoms with van der Waals surface area (Å²) in [6, 6.07) is 12.7. The molecule has 0 saturated heterocycles. The molecule has 0 aliphatic carbocycles. The SMILES string of the molecule is CCN(C(=O)CN(C)Cc1ccc(C(F)(F)F)cc1)c1ccccc1C. The van der Waals surface area contributed by atoms with Gasteiger partial charge in [-0.05, 0) is 50.2 Å². The van der Waals surface area contributed by atoms with Gasteiger partial charge in [0.2, 0.25) is 5.91 Å². The van der Waals surface area contributed by atoms with Crippen LogP contribution in [0.15, 0.2) is 48.5 Å². The maximum atomic E-state index is 12.6. The van der Waals surface area contributed by atoms with Crippen LogP contribution < -0.4 is 4.90 Å². The topological polar surface area (TPSA) is 23.6 Å². The van der Waals surface area contributed by atoms with Crippen LogP contribution >= 0.6 is 0 Å². The highest BCUT2D eigenvalue weighted by atomic mass is 19.4. The number of hydrogen-bond donors (Lipinski definition) is 0. The zero-order chi connectivity index (χ0) is 19.3. The molecule has 0 aliphatic rings. The number of anilines is 1. The quantitative estimate of drug-likeness (QED) is 0.754. The number of halogens is 3. The van der Waals surface area contributed by atoms with E-state index in [2.05, 4.69) is 0 Å². The van der Waals surface area contributed by atoms with Gasteiger partial charge >= 0.3 is 6.18 Å². The van der Waals surface area contributed by atoms with Crippen molar-refractivity contribution < 1.29 is 18.0 Å². The number of likely N-dealkylation sites (N-methyl/N-ethyl adjacent to an activating group) is 2. The Bertz CT molecular complexity index is 741. The van der Waals surface area contributed by atoms with E-state index in [4.69, 9.17) is 0 Å². The molecule has 3 nitrogen and oxygen atoms in total. The minimum absolute atomic E-state index is 0.0452. The summed E-state index contributed by atoms with van der Waals surface area (Å²) in [5.74, 6) is -0.0452. The van der Waals surface area contributed by atoms with Gasteiger partial charge in [0.05, 0.1) is 12.1 Å². The minimum Gasteiger partial charge on any atom is -0.311 e. The number of carbonyl (C=O) groups is 1. The Morgan fingerprint density at radius 3 is 2.19 bits per heavy atom. The summed E-state index contributed by atoms with van der Waals surface area (Å²) in [6.45, 7) is 5.01. The molecule has 0 aromatic heterocycles. The highest BCUT2D eigenvalue weighted by molar-refractivity contribution is 5.95. The average Bonchev–Trinajstić information content (AvgIpc) is 2.56. The lowest BCUT2D eigenvalue weighted by Gasteiger charge is -2.26. The van der Waals surface area contributed by atoms with Crippen molar-refractivity contribution in [1.82, 2.24) is 4.90 Å². The second-order valence-electron chi connectivity index (χ2n) is 6.29. The van der Waals surface area contributed by atoms with Gasteiger partial charge in [-0.2, -0.15) is 13.2 Å². The number of aryl methyl sites for hydroxylation is 1. The van der Waals surface area contributed by atoms with E-state index in [-0.39, 0.29) is 12.5 Å². The molecule has 0 bridgehead atoms. The first-order valence-corrected chi connectivity index (χ1v) is 8.43. The molecule has 26 heavy (non-hydrogen) atoms. The lowest BCUT2D eigenvalue weighted by atomic mass is 10.1. The zero-order valence-corrected chi connectivity index (χ0v) is 15.2. The van der Waals surface area contributed by atoms with Crippen LogP contribution in [0.5, 0.6) is 0 Å². The molecule has 0 fully saturated rings. The molecule has 2 aromatic carbocycles. The molecule has 0 aliphatic heterocycles. The van der Waals surface area contributed by atoms with Crippen LogP contribution in [-0.4, -0.2) is 30.9 Å². The van der Waals surface area contributed by atoms with E-state index in [9.17, 15) is 18.0 Å². The standard InChI is InChI=1S/C20H23F3N2O/c1-4-25(18-8-6-5-7-15(18)2)19(26)14-24(3)13-16-9-11-17(12-10-16)20(21,22)23/h5-12H,4,13-14H2,1-3H3. The molecule has 6 heteroatoms. The summed E-state index contributed by atoms with van der Waals surface area (Å²) in [4.78, 5) is 16.2. The smallest absolute Gasteiger partial charge is 0.311 e. The van der Waals surface area contributed by atoms with Gasteiger partial charge in [0.25, 0.3) is 0 Å². The molecular weight excluding hydrogens is 341 g/mol. The predicted molar refractivity (Wildman–Crippen MR) is 97.0 cm³/mol. The largest absolute Gasteiger partial charge is 0.416 e. The molecule has 140 valence electrons. The van der Waals surface area contributed by atoms with E-state index in [0.29, 0.717) is 13.1 Å². The van der Waals surface area contributed by atoms with Crippen LogP contribution in [0.4, 0.5) is 18.9 Å². The van der Waals surface area contributed by atoms with Gasteiger partial charge in [-0.25, -0.2) is 0 Å². The van der Waals surface area contributed by atoms with Crippen molar-refractivity contribution in [3.8, 4) is 0 Å². The number of amides is 1. The van der Waals surface area contributed by atoms with Crippen LogP contribution in [0.25, 0.3) is 0 Å². The minimum atomic E-state index is -4.34. The molecule has 0 atom stereocenters. The van der Waals surface area contributed by atoms with Gasteiger partial charge in [0, 0.05) is 18.8 Å². The Kier molecular flexibility index (Phi) is 6.42. The number of nitrogens with zero attached hydrogens (tertiary/aromatic N) is 2. The normalized spacial score (nSPS) is 11.7. The Morgan fingerprint density at radius 1 is 1.04 bits per heavy atom. The number of alkyl halides is 3. The van der Waals surface area contributed by atoms with E-state index in [1.54, 1.807) is 16.8 Å². The Hall–Kier alpha value is -2.34. The Labute approximate surface area is 152 Å². The summed E-state index contributed by atoms with van der Waals surface area (Å²) in [5, 5.41) is 0. The number of para-hydroxylation sites is 1. The lowest BCUT2D eigenvalue weighted by Crippen LogP contribution is -2.39. The summed E-state index contributed by atoms with van der Waals surface area (Å²) < 4.78 is 37.8. The van der Waals surface area contributed by atoms with E-state index in [1.165, 1.54) is 12.1 Å². The average molecular weight is 364 g/mol. The number of hydrogen-bond acceptors (Lipinski definition) is 2. The van der Waals surface area contributed by atoms with Crippen molar-refractivity contribution in [1.29, 1.82) is 0 Å². The van der Waals surface area contributed by atoms with E-state index in [1.807, 2.05) is 38.1 Å². The maximum absolute atomic E-state index is 12.6. The van der Waals surface area contributed by atoms with Crippen LogP contribution in [0, 0.1) is 6.92 Å². The highest BCUT2D eigenvalue weighted by Crippen LogP contribution is 2.29. The van der Waals surface area contributed by atoms with Crippen LogP contribution in [-0.2, 0) is 17.5 Å². The van der Waals surface area contributed by atoms with Gasteiger partial charge in [-0.3, -0.25) is 9.69 Å². The summed E-state index contributed by atoms with van der Waals surface area (Å²) in [6.07, 6.45) is -4.34. The van der Waals surface area contributed by atoms with Crippen LogP contribution in [0.2, 0.25) is 0 Å². The first kappa shape index (κ1) is 20.0. The molecule has 0 saturated carbocycles. The molecule has 2 rings (SSSR count). The Morgan fingerprint density at radius 2 is 1.65 bits per heavy atom. The monoisotopic (exact) mass is 364 g/mol. The van der Waals surface area contributed by atoms with Gasteiger partial charge in [-0.15, -0.1) is 0 Å². The van der Waals surface area contributed by atoms with Crippen molar-refractivity contribution >= 4 is 11.6 Å². The van der Waals surface area contributed by atoms with Crippen molar-refractivity contribution in [3.05, 3.63) is 65.2 Å². The fraction of sp³-hybridized carbons (Fsp3) is 0.350. The molecule has 0 heterocycles. The fourth-order valence-electron chi connectivity index (χ4n) is 2.83. The fourth-order valence-corrected chi connectivity index (χ4v) is 2.83. The number of carbonyl (C=O) groups excluding carboxylic acids is 1. The second kappa shape index (κ2) is 8.36. The summed E-state index contributed by atoms with van der Waals surface area (Å²) in [5.41, 5.74) is 1.96. The molecule has 1 amide bonds. The predicted octanol–water partition coefficient (Wildman–Crippen LogP) is 4.50. The van der Waals surface area contributed by atoms with E-state index in [0.717, 1.165) is 28.9 Å². The van der Waals surface area contributed by atoms with Gasteiger partial charge in [0.1, 0.15) is 0 Å². The Balaban J connectivity index is 2.01. The van der Waals surface area contributed by atoms with Crippen molar-refractivity contribution in [2.24, 2.45) is 0 Å². The van der Waals surface area contributed by atoms with Crippen molar-refractivity contribution in [2.45, 2.75) is 26.6 Å². The second-order valence-corrected chi connectivity index (χ2v) is 6.29. The lowest BCUT2D eigenvalue weighted by molar-refractivity contribution is -0.137. The van der Waals surface area contributed by atoms with E-state index < -0.39 is 11.7 Å². The number of rotatable bonds is 6. The van der Waals surface area contributed by atoms with Crippen LogP contribution in [0.3, 0.4) is 0 Å². The molecule has 0 N–H and O–H groups in total. The molecule has 0 unspecified atom stereocenters. The first-order valence-electron chi connectivity index (χ1n) is 8.43. The maximum Gasteiger partial charge on any atom is 0.416 e. The third kappa shape index (κ3) is 5.08. The summed E-state index contributed by atoms with van der Waals surface area (Å²) in [7, 11) is 1.78. The van der Waals surface area contributed by atoms with Crippen molar-refractivity contribution in [2.75, 3.05) is 25.0 Å². The van der Waals surface area contributed by atoms with Crippen molar-refractivity contribution in [3.63, 3.8) is 0 Å². The van der Waals surface area contributed by atoms with E-state index >= 15 is 0 Å². The number of benzene rings is 2.